The number of hydrogen-bond donors (Lipinski definition) is 1. The van der Waals surface area contributed by atoms with Crippen LogP contribution in [0.3, 0.4) is 0 Å². The monoisotopic (exact) mass is 512 g/mol. The standard InChI is InChI=1S/C23H21BrN4O3S/c1-2-6-21-27-28-23(32-21)26-22(29)17(15-25)13-16-14-18(24)9-10-20(16)31-12-11-30-19-7-4-3-5-8-19/h3-5,7-10,13-14H,2,6,11-12H2,1H3,(H,26,28,29)/b17-13-. The first-order valence-corrected chi connectivity index (χ1v) is 11.6. The van der Waals surface area contributed by atoms with Crippen molar-refractivity contribution in [2.45, 2.75) is 19.8 Å². The zero-order valence-electron chi connectivity index (χ0n) is 17.4. The van der Waals surface area contributed by atoms with Gasteiger partial charge < -0.3 is 9.47 Å². The lowest BCUT2D eigenvalue weighted by molar-refractivity contribution is -0.112. The number of anilines is 1. The molecule has 2 aromatic carbocycles. The number of nitrogens with zero attached hydrogens (tertiary/aromatic N) is 3. The third-order valence-corrected chi connectivity index (χ3v) is 5.53. The van der Waals surface area contributed by atoms with Crippen LogP contribution in [-0.4, -0.2) is 29.3 Å². The number of ether oxygens (including phenoxy) is 2. The molecule has 0 aliphatic carbocycles. The number of halogens is 1. The van der Waals surface area contributed by atoms with Crippen LogP contribution < -0.4 is 14.8 Å². The van der Waals surface area contributed by atoms with Crippen molar-refractivity contribution in [3.63, 3.8) is 0 Å². The van der Waals surface area contributed by atoms with E-state index in [1.807, 2.05) is 49.4 Å². The summed E-state index contributed by atoms with van der Waals surface area (Å²) in [6.45, 7) is 2.70. The highest BCUT2D eigenvalue weighted by Crippen LogP contribution is 2.26. The van der Waals surface area contributed by atoms with Crippen molar-refractivity contribution in [1.82, 2.24) is 10.2 Å². The maximum absolute atomic E-state index is 12.6. The number of carbonyl (C=O) groups is 1. The third-order valence-electron chi connectivity index (χ3n) is 4.14. The molecule has 3 aromatic rings. The van der Waals surface area contributed by atoms with Crippen molar-refractivity contribution in [2.24, 2.45) is 0 Å². The SMILES string of the molecule is CCCc1nnc(NC(=O)/C(C#N)=C\c2cc(Br)ccc2OCCOc2ccccc2)s1. The van der Waals surface area contributed by atoms with Crippen LogP contribution in [-0.2, 0) is 11.2 Å². The van der Waals surface area contributed by atoms with Gasteiger partial charge in [-0.05, 0) is 42.8 Å². The Labute approximate surface area is 198 Å². The van der Waals surface area contributed by atoms with Gasteiger partial charge in [-0.25, -0.2) is 0 Å². The Morgan fingerprint density at radius 2 is 1.97 bits per heavy atom. The fraction of sp³-hybridized carbons (Fsp3) is 0.217. The van der Waals surface area contributed by atoms with Crippen molar-refractivity contribution < 1.29 is 14.3 Å². The summed E-state index contributed by atoms with van der Waals surface area (Å²) >= 11 is 4.72. The number of aryl methyl sites for hydroxylation is 1. The molecule has 0 spiro atoms. The smallest absolute Gasteiger partial charge is 0.268 e. The first kappa shape index (κ1) is 23.4. The Hall–Kier alpha value is -3.22. The van der Waals surface area contributed by atoms with E-state index in [2.05, 4.69) is 31.4 Å². The van der Waals surface area contributed by atoms with Crippen LogP contribution in [0.1, 0.15) is 23.9 Å². The number of amides is 1. The second-order valence-corrected chi connectivity index (χ2v) is 8.54. The number of nitrogens with one attached hydrogen (secondary N) is 1. The highest BCUT2D eigenvalue weighted by atomic mass is 79.9. The lowest BCUT2D eigenvalue weighted by Gasteiger charge is -2.11. The predicted octanol–water partition coefficient (Wildman–Crippen LogP) is 5.26. The molecule has 1 heterocycles. The molecule has 0 saturated carbocycles. The van der Waals surface area contributed by atoms with Crippen LogP contribution in [0.2, 0.25) is 0 Å². The van der Waals surface area contributed by atoms with Crippen LogP contribution in [0.15, 0.2) is 58.6 Å². The zero-order chi connectivity index (χ0) is 22.8. The van der Waals surface area contributed by atoms with Crippen LogP contribution in [0.5, 0.6) is 11.5 Å². The molecular formula is C23H21BrN4O3S. The van der Waals surface area contributed by atoms with E-state index >= 15 is 0 Å². The number of rotatable bonds is 10. The van der Waals surface area contributed by atoms with E-state index < -0.39 is 5.91 Å². The average Bonchev–Trinajstić information content (AvgIpc) is 3.23. The molecule has 0 atom stereocenters. The summed E-state index contributed by atoms with van der Waals surface area (Å²) in [5.74, 6) is 0.742. The summed E-state index contributed by atoms with van der Waals surface area (Å²) in [6.07, 6.45) is 3.22. The molecule has 3 rings (SSSR count). The average molecular weight is 513 g/mol. The van der Waals surface area contributed by atoms with Gasteiger partial charge in [-0.2, -0.15) is 5.26 Å². The minimum Gasteiger partial charge on any atom is -0.490 e. The predicted molar refractivity (Wildman–Crippen MR) is 128 cm³/mol. The number of hydrogen-bond acceptors (Lipinski definition) is 7. The maximum Gasteiger partial charge on any atom is 0.268 e. The van der Waals surface area contributed by atoms with Crippen molar-refractivity contribution >= 4 is 44.4 Å². The molecular weight excluding hydrogens is 492 g/mol. The molecule has 0 unspecified atom stereocenters. The van der Waals surface area contributed by atoms with Gasteiger partial charge in [-0.3, -0.25) is 10.1 Å². The molecule has 0 saturated heterocycles. The normalized spacial score (nSPS) is 11.0. The van der Waals surface area contributed by atoms with Gasteiger partial charge in [-0.15, -0.1) is 10.2 Å². The number of carbonyl (C=O) groups excluding carboxylic acids is 1. The van der Waals surface area contributed by atoms with Crippen molar-refractivity contribution in [3.05, 3.63) is 69.1 Å². The van der Waals surface area contributed by atoms with E-state index in [4.69, 9.17) is 9.47 Å². The van der Waals surface area contributed by atoms with E-state index in [0.717, 1.165) is 28.1 Å². The molecule has 1 amide bonds. The molecule has 32 heavy (non-hydrogen) atoms. The summed E-state index contributed by atoms with van der Waals surface area (Å²) in [4.78, 5) is 12.6. The van der Waals surface area contributed by atoms with E-state index in [1.165, 1.54) is 17.4 Å². The summed E-state index contributed by atoms with van der Waals surface area (Å²) in [7, 11) is 0. The third kappa shape index (κ3) is 6.90. The molecule has 0 bridgehead atoms. The van der Waals surface area contributed by atoms with Crippen LogP contribution in [0.25, 0.3) is 6.08 Å². The Kier molecular flexibility index (Phi) is 8.78. The lowest BCUT2D eigenvalue weighted by atomic mass is 10.1. The van der Waals surface area contributed by atoms with Gasteiger partial charge in [0.1, 0.15) is 41.4 Å². The van der Waals surface area contributed by atoms with Gasteiger partial charge in [-0.1, -0.05) is 52.4 Å². The Morgan fingerprint density at radius 3 is 2.72 bits per heavy atom. The zero-order valence-corrected chi connectivity index (χ0v) is 19.8. The summed E-state index contributed by atoms with van der Waals surface area (Å²) < 4.78 is 12.3. The Bertz CT molecular complexity index is 1130. The molecule has 164 valence electrons. The van der Waals surface area contributed by atoms with Crippen molar-refractivity contribution in [2.75, 3.05) is 18.5 Å². The molecule has 9 heteroatoms. The lowest BCUT2D eigenvalue weighted by Crippen LogP contribution is -2.13. The summed E-state index contributed by atoms with van der Waals surface area (Å²) in [6, 6.07) is 16.8. The van der Waals surface area contributed by atoms with Gasteiger partial charge in [0.25, 0.3) is 5.91 Å². The van der Waals surface area contributed by atoms with Gasteiger partial charge in [0.05, 0.1) is 0 Å². The van der Waals surface area contributed by atoms with E-state index in [1.54, 1.807) is 12.1 Å². The van der Waals surface area contributed by atoms with Crippen LogP contribution >= 0.6 is 27.3 Å². The number of nitriles is 1. The first-order chi connectivity index (χ1) is 15.6. The Balaban J connectivity index is 1.68. The minimum atomic E-state index is -0.551. The quantitative estimate of drug-likeness (QED) is 0.226. The van der Waals surface area contributed by atoms with E-state index in [0.29, 0.717) is 29.7 Å². The minimum absolute atomic E-state index is 0.0688. The second kappa shape index (κ2) is 12.0. The second-order valence-electron chi connectivity index (χ2n) is 6.57. The van der Waals surface area contributed by atoms with Crippen LogP contribution in [0, 0.1) is 11.3 Å². The first-order valence-electron chi connectivity index (χ1n) is 9.94. The largest absolute Gasteiger partial charge is 0.490 e. The molecule has 1 aromatic heterocycles. The van der Waals surface area contributed by atoms with Crippen molar-refractivity contribution in [1.29, 1.82) is 5.26 Å². The maximum atomic E-state index is 12.6. The summed E-state index contributed by atoms with van der Waals surface area (Å²) in [5, 5.41) is 21.4. The number of aromatic nitrogens is 2. The van der Waals surface area contributed by atoms with Gasteiger partial charge in [0.15, 0.2) is 0 Å². The van der Waals surface area contributed by atoms with Gasteiger partial charge in [0, 0.05) is 16.5 Å². The number of para-hydroxylation sites is 1. The molecule has 0 aliphatic rings. The summed E-state index contributed by atoms with van der Waals surface area (Å²) in [5.41, 5.74) is 0.524. The highest BCUT2D eigenvalue weighted by Gasteiger charge is 2.14. The van der Waals surface area contributed by atoms with Gasteiger partial charge in [0.2, 0.25) is 5.13 Å². The molecule has 1 N–H and O–H groups in total. The van der Waals surface area contributed by atoms with E-state index in [-0.39, 0.29) is 5.57 Å². The van der Waals surface area contributed by atoms with Crippen LogP contribution in [0.4, 0.5) is 5.13 Å². The molecule has 0 radical (unpaired) electrons. The molecule has 0 aliphatic heterocycles. The Morgan fingerprint density at radius 1 is 1.19 bits per heavy atom. The van der Waals surface area contributed by atoms with Gasteiger partial charge >= 0.3 is 0 Å². The fourth-order valence-corrected chi connectivity index (χ4v) is 3.89. The fourth-order valence-electron chi connectivity index (χ4n) is 2.68. The topological polar surface area (TPSA) is 97.1 Å². The number of benzene rings is 2. The van der Waals surface area contributed by atoms with Crippen molar-refractivity contribution in [3.8, 4) is 17.6 Å². The molecule has 0 fully saturated rings. The molecule has 7 nitrogen and oxygen atoms in total. The van der Waals surface area contributed by atoms with E-state index in [9.17, 15) is 10.1 Å². The highest BCUT2D eigenvalue weighted by molar-refractivity contribution is 9.10.